The van der Waals surface area contributed by atoms with E-state index in [2.05, 4.69) is 45.9 Å². The number of pyridine rings is 2. The maximum Gasteiger partial charge on any atom is 0.0659 e. The number of aromatic nitrogens is 2. The summed E-state index contributed by atoms with van der Waals surface area (Å²) in [6, 6.07) is 16.0. The van der Waals surface area contributed by atoms with Crippen molar-refractivity contribution in [2.45, 2.75) is 26.7 Å². The van der Waals surface area contributed by atoms with Gasteiger partial charge in [-0.15, -0.1) is 67.9 Å². The molecule has 0 saturated heterocycles. The summed E-state index contributed by atoms with van der Waals surface area (Å²) >= 11 is 0. The third kappa shape index (κ3) is 12.9. The number of nitrogens with zero attached hydrogens (tertiary/aromatic N) is 4. The van der Waals surface area contributed by atoms with Crippen molar-refractivity contribution in [1.82, 2.24) is 9.97 Å². The van der Waals surface area contributed by atoms with Crippen molar-refractivity contribution < 1.29 is 33.0 Å². The Hall–Kier alpha value is -0.233. The molecule has 182 valence electrons. The molecule has 32 heavy (non-hydrogen) atoms. The maximum atomic E-state index is 4.60. The van der Waals surface area contributed by atoms with Gasteiger partial charge >= 0.3 is 0 Å². The number of aliphatic imine (C=N–C) groups is 2. The molecule has 3 aromatic rings. The van der Waals surface area contributed by atoms with E-state index in [0.29, 0.717) is 0 Å². The van der Waals surface area contributed by atoms with Crippen molar-refractivity contribution >= 4 is 91.7 Å². The van der Waals surface area contributed by atoms with Crippen LogP contribution in [0.5, 0.6) is 0 Å². The number of halogens is 4. The molecule has 2 aromatic heterocycles. The molecule has 2 heterocycles. The standard InChI is InChI=1S/C22H22N4.4BrH.2Ni/c1-17-15-22(26-14-10-20-8-4-6-12-24-20)18(2)16-21(17)25-13-9-19-7-3-5-11-23-19;;;;;;/h3-8,11-16H,9-10H2,1-2H3;4*1H;;. The molecule has 0 radical (unpaired) electrons. The Morgan fingerprint density at radius 2 is 1.03 bits per heavy atom. The van der Waals surface area contributed by atoms with E-state index in [-0.39, 0.29) is 101 Å². The summed E-state index contributed by atoms with van der Waals surface area (Å²) in [4.78, 5) is 17.8. The summed E-state index contributed by atoms with van der Waals surface area (Å²) in [5.41, 5.74) is 6.20. The Morgan fingerprint density at radius 1 is 0.656 bits per heavy atom. The molecule has 4 nitrogen and oxygen atoms in total. The normalized spacial score (nSPS) is 9.31. The Kier molecular flexibility index (Phi) is 26.0. The van der Waals surface area contributed by atoms with Crippen molar-refractivity contribution in [1.29, 1.82) is 0 Å². The van der Waals surface area contributed by atoms with E-state index >= 15 is 0 Å². The molecule has 0 aliphatic heterocycles. The van der Waals surface area contributed by atoms with Gasteiger partial charge in [0, 0.05) is 82.0 Å². The van der Waals surface area contributed by atoms with Gasteiger partial charge in [-0.05, 0) is 61.4 Å². The fourth-order valence-corrected chi connectivity index (χ4v) is 2.58. The van der Waals surface area contributed by atoms with Crippen LogP contribution in [0.15, 0.2) is 70.9 Å². The topological polar surface area (TPSA) is 50.5 Å². The van der Waals surface area contributed by atoms with Crippen molar-refractivity contribution in [3.05, 3.63) is 83.4 Å². The Labute approximate surface area is 252 Å². The van der Waals surface area contributed by atoms with Crippen LogP contribution in [0.2, 0.25) is 0 Å². The minimum atomic E-state index is 0. The molecule has 3 rings (SSSR count). The third-order valence-electron chi connectivity index (χ3n) is 4.03. The van der Waals surface area contributed by atoms with E-state index in [1.807, 2.05) is 48.8 Å². The second-order valence-corrected chi connectivity index (χ2v) is 6.10. The van der Waals surface area contributed by atoms with Crippen molar-refractivity contribution in [2.75, 3.05) is 0 Å². The molecule has 0 saturated carbocycles. The van der Waals surface area contributed by atoms with Gasteiger partial charge in [0.15, 0.2) is 0 Å². The van der Waals surface area contributed by atoms with Crippen LogP contribution in [-0.4, -0.2) is 22.4 Å². The minimum Gasteiger partial charge on any atom is -0.261 e. The van der Waals surface area contributed by atoms with Crippen LogP contribution in [0.4, 0.5) is 11.4 Å². The van der Waals surface area contributed by atoms with Crippen molar-refractivity contribution in [2.24, 2.45) is 9.98 Å². The van der Waals surface area contributed by atoms with E-state index in [0.717, 1.165) is 46.7 Å². The van der Waals surface area contributed by atoms with Crippen LogP contribution in [0, 0.1) is 13.8 Å². The first-order chi connectivity index (χ1) is 12.7. The molecular weight excluding hydrogens is 757 g/mol. The first kappa shape index (κ1) is 39.0. The largest absolute Gasteiger partial charge is 0.261 e. The van der Waals surface area contributed by atoms with E-state index in [4.69, 9.17) is 0 Å². The van der Waals surface area contributed by atoms with Gasteiger partial charge in [0.1, 0.15) is 0 Å². The molecular formula is C22H26Br4N4Ni2. The molecule has 0 bridgehead atoms. The molecule has 10 heteroatoms. The van der Waals surface area contributed by atoms with Gasteiger partial charge in [0.2, 0.25) is 0 Å². The van der Waals surface area contributed by atoms with Crippen LogP contribution in [0.3, 0.4) is 0 Å². The molecule has 0 aliphatic carbocycles. The van der Waals surface area contributed by atoms with Gasteiger partial charge in [-0.1, -0.05) is 12.1 Å². The SMILES string of the molecule is Br.Br.Br.Br.Cc1cc(N=CCc2ccccn2)c(C)cc1N=CCc1ccccn1.[Ni].[Ni]. The zero-order valence-electron chi connectivity index (χ0n) is 17.4. The van der Waals surface area contributed by atoms with Crippen LogP contribution in [0.1, 0.15) is 22.5 Å². The predicted octanol–water partition coefficient (Wildman–Crippen LogP) is 7.29. The molecule has 0 unspecified atom stereocenters. The summed E-state index contributed by atoms with van der Waals surface area (Å²) in [7, 11) is 0. The molecule has 1 aromatic carbocycles. The van der Waals surface area contributed by atoms with Crippen molar-refractivity contribution in [3.63, 3.8) is 0 Å². The molecule has 0 N–H and O–H groups in total. The fourth-order valence-electron chi connectivity index (χ4n) is 2.58. The molecule has 0 fully saturated rings. The van der Waals surface area contributed by atoms with E-state index in [1.165, 1.54) is 0 Å². The zero-order chi connectivity index (χ0) is 18.2. The van der Waals surface area contributed by atoms with E-state index in [9.17, 15) is 0 Å². The van der Waals surface area contributed by atoms with Gasteiger partial charge in [-0.25, -0.2) is 0 Å². The Morgan fingerprint density at radius 3 is 1.34 bits per heavy atom. The quantitative estimate of drug-likeness (QED) is 0.195. The van der Waals surface area contributed by atoms with Crippen LogP contribution in [0.25, 0.3) is 0 Å². The molecule has 0 spiro atoms. The Bertz CT molecular complexity index is 851. The van der Waals surface area contributed by atoms with Crippen LogP contribution >= 0.6 is 67.9 Å². The predicted molar refractivity (Wildman–Crippen MR) is 149 cm³/mol. The monoisotopic (exact) mass is 778 g/mol. The number of rotatable bonds is 6. The summed E-state index contributed by atoms with van der Waals surface area (Å²) < 4.78 is 0. The van der Waals surface area contributed by atoms with Gasteiger partial charge in [-0.2, -0.15) is 0 Å². The number of aryl methyl sites for hydroxylation is 2. The first-order valence-corrected chi connectivity index (χ1v) is 8.68. The van der Waals surface area contributed by atoms with E-state index in [1.54, 1.807) is 12.4 Å². The second kappa shape index (κ2) is 21.3. The van der Waals surface area contributed by atoms with Gasteiger partial charge in [0.05, 0.1) is 11.4 Å². The van der Waals surface area contributed by atoms with Gasteiger partial charge < -0.3 is 0 Å². The van der Waals surface area contributed by atoms with E-state index < -0.39 is 0 Å². The summed E-state index contributed by atoms with van der Waals surface area (Å²) in [6.07, 6.45) is 8.88. The minimum absolute atomic E-state index is 0. The average molecular weight is 783 g/mol. The number of hydrogen-bond donors (Lipinski definition) is 0. The zero-order valence-corrected chi connectivity index (χ0v) is 26.2. The number of hydrogen-bond acceptors (Lipinski definition) is 4. The molecule has 0 amide bonds. The maximum absolute atomic E-state index is 4.60. The van der Waals surface area contributed by atoms with Gasteiger partial charge in [0.25, 0.3) is 0 Å². The van der Waals surface area contributed by atoms with Gasteiger partial charge in [-0.3, -0.25) is 20.0 Å². The van der Waals surface area contributed by atoms with Crippen LogP contribution < -0.4 is 0 Å². The molecule has 0 atom stereocenters. The fraction of sp³-hybridized carbons (Fsp3) is 0.182. The second-order valence-electron chi connectivity index (χ2n) is 6.10. The average Bonchev–Trinajstić information content (AvgIpc) is 2.67. The summed E-state index contributed by atoms with van der Waals surface area (Å²) in [5.74, 6) is 0. The third-order valence-corrected chi connectivity index (χ3v) is 4.03. The Balaban J connectivity index is -0.000000653. The number of benzene rings is 1. The van der Waals surface area contributed by atoms with Crippen LogP contribution in [-0.2, 0) is 45.8 Å². The smallest absolute Gasteiger partial charge is 0.0659 e. The van der Waals surface area contributed by atoms with Crippen molar-refractivity contribution in [3.8, 4) is 0 Å². The first-order valence-electron chi connectivity index (χ1n) is 8.68. The molecule has 0 aliphatic rings. The summed E-state index contributed by atoms with van der Waals surface area (Å²) in [6.45, 7) is 4.12. The summed E-state index contributed by atoms with van der Waals surface area (Å²) in [5, 5.41) is 0.